The maximum Gasteiger partial charge on any atom is 0.0773 e. The molecule has 3 rings (SSSR count). The van der Waals surface area contributed by atoms with E-state index in [0.717, 1.165) is 18.4 Å². The lowest BCUT2D eigenvalue weighted by Gasteiger charge is -2.13. The number of fused-ring (bicyclic) bond motifs is 2. The van der Waals surface area contributed by atoms with Gasteiger partial charge in [-0.3, -0.25) is 0 Å². The van der Waals surface area contributed by atoms with Gasteiger partial charge in [0.15, 0.2) is 0 Å². The molecule has 2 aromatic rings. The van der Waals surface area contributed by atoms with Crippen molar-refractivity contribution in [3.63, 3.8) is 0 Å². The first-order valence-electron chi connectivity index (χ1n) is 6.17. The van der Waals surface area contributed by atoms with Crippen LogP contribution >= 0.6 is 0 Å². The number of hydrogen-bond acceptors (Lipinski definition) is 1. The lowest BCUT2D eigenvalue weighted by atomic mass is 9.94. The van der Waals surface area contributed by atoms with Crippen LogP contribution in [0, 0.1) is 0 Å². The van der Waals surface area contributed by atoms with Gasteiger partial charge in [0, 0.05) is 0 Å². The van der Waals surface area contributed by atoms with E-state index in [1.165, 1.54) is 21.2 Å². The van der Waals surface area contributed by atoms with Crippen molar-refractivity contribution in [1.29, 1.82) is 0 Å². The zero-order valence-electron chi connectivity index (χ0n) is 9.98. The molecule has 0 aromatic heterocycles. The number of aliphatic hydroxyl groups is 1. The summed E-state index contributed by atoms with van der Waals surface area (Å²) < 4.78 is 0. The van der Waals surface area contributed by atoms with Gasteiger partial charge < -0.3 is 5.11 Å². The minimum absolute atomic E-state index is 0.419. The standard InChI is InChI=1S/C16H16O/c1-11(17)16-14-8-4-2-6-12(14)10-13-7-3-5-9-15(13)16/h2,4,6-11,17H,3,5H2,1H3. The number of rotatable bonds is 1. The zero-order chi connectivity index (χ0) is 11.8. The summed E-state index contributed by atoms with van der Waals surface area (Å²) >= 11 is 0. The topological polar surface area (TPSA) is 20.2 Å². The smallest absolute Gasteiger partial charge is 0.0773 e. The fourth-order valence-electron chi connectivity index (χ4n) is 2.73. The molecule has 1 atom stereocenters. The first-order valence-corrected chi connectivity index (χ1v) is 6.17. The minimum atomic E-state index is -0.419. The number of benzene rings is 2. The molecule has 1 aliphatic carbocycles. The van der Waals surface area contributed by atoms with Gasteiger partial charge in [-0.05, 0) is 52.6 Å². The van der Waals surface area contributed by atoms with Crippen molar-refractivity contribution in [2.75, 3.05) is 0 Å². The Balaban J connectivity index is 2.55. The molecule has 1 unspecified atom stereocenters. The fraction of sp³-hybridized carbons (Fsp3) is 0.250. The monoisotopic (exact) mass is 224 g/mol. The molecular weight excluding hydrogens is 208 g/mol. The highest BCUT2D eigenvalue weighted by Crippen LogP contribution is 2.20. The maximum atomic E-state index is 10.0. The van der Waals surface area contributed by atoms with Crippen LogP contribution in [-0.2, 0) is 0 Å². The molecule has 1 nitrogen and oxygen atoms in total. The van der Waals surface area contributed by atoms with Crippen LogP contribution in [0.5, 0.6) is 0 Å². The highest BCUT2D eigenvalue weighted by atomic mass is 16.3. The van der Waals surface area contributed by atoms with Gasteiger partial charge in [-0.25, -0.2) is 0 Å². The number of hydrogen-bond donors (Lipinski definition) is 1. The largest absolute Gasteiger partial charge is 0.389 e. The third kappa shape index (κ3) is 1.67. The average Bonchev–Trinajstić information content (AvgIpc) is 2.35. The molecule has 86 valence electrons. The zero-order valence-corrected chi connectivity index (χ0v) is 9.98. The Labute approximate surface area is 101 Å². The van der Waals surface area contributed by atoms with Crippen molar-refractivity contribution in [2.45, 2.75) is 25.9 Å². The van der Waals surface area contributed by atoms with E-state index >= 15 is 0 Å². The molecule has 0 heterocycles. The highest BCUT2D eigenvalue weighted by Gasteiger charge is 2.10. The average molecular weight is 224 g/mol. The second kappa shape index (κ2) is 4.01. The van der Waals surface area contributed by atoms with Crippen LogP contribution in [0.25, 0.3) is 22.9 Å². The van der Waals surface area contributed by atoms with Crippen molar-refractivity contribution in [3.05, 3.63) is 46.3 Å². The second-order valence-electron chi connectivity index (χ2n) is 4.68. The van der Waals surface area contributed by atoms with E-state index in [1.54, 1.807) is 0 Å². The third-order valence-corrected chi connectivity index (χ3v) is 3.46. The summed E-state index contributed by atoms with van der Waals surface area (Å²) in [6.07, 6.45) is 6.28. The summed E-state index contributed by atoms with van der Waals surface area (Å²) in [5.41, 5.74) is 1.08. The van der Waals surface area contributed by atoms with Crippen LogP contribution in [0.3, 0.4) is 0 Å². The van der Waals surface area contributed by atoms with Gasteiger partial charge in [-0.2, -0.15) is 0 Å². The molecule has 0 aliphatic heterocycles. The van der Waals surface area contributed by atoms with Crippen LogP contribution in [-0.4, -0.2) is 5.11 Å². The molecule has 0 fully saturated rings. The molecule has 1 heteroatoms. The highest BCUT2D eigenvalue weighted by molar-refractivity contribution is 5.86. The molecule has 0 saturated carbocycles. The molecule has 0 saturated heterocycles. The summed E-state index contributed by atoms with van der Waals surface area (Å²) in [6.45, 7) is 1.85. The molecule has 17 heavy (non-hydrogen) atoms. The molecule has 0 amide bonds. The summed E-state index contributed by atoms with van der Waals surface area (Å²) in [5, 5.41) is 14.9. The van der Waals surface area contributed by atoms with Crippen molar-refractivity contribution in [1.82, 2.24) is 0 Å². The summed E-state index contributed by atoms with van der Waals surface area (Å²) in [7, 11) is 0. The predicted molar refractivity (Wildman–Crippen MR) is 72.0 cm³/mol. The van der Waals surface area contributed by atoms with Crippen LogP contribution in [0.4, 0.5) is 0 Å². The number of aliphatic hydroxyl groups excluding tert-OH is 1. The van der Waals surface area contributed by atoms with E-state index in [4.69, 9.17) is 0 Å². The Morgan fingerprint density at radius 1 is 1.12 bits per heavy atom. The minimum Gasteiger partial charge on any atom is -0.389 e. The van der Waals surface area contributed by atoms with Crippen LogP contribution < -0.4 is 10.4 Å². The predicted octanol–water partition coefficient (Wildman–Crippen LogP) is 2.25. The lowest BCUT2D eigenvalue weighted by Crippen LogP contribution is -2.31. The maximum absolute atomic E-state index is 10.0. The van der Waals surface area contributed by atoms with Gasteiger partial charge in [0.25, 0.3) is 0 Å². The van der Waals surface area contributed by atoms with Crippen molar-refractivity contribution in [3.8, 4) is 0 Å². The van der Waals surface area contributed by atoms with E-state index in [0.29, 0.717) is 0 Å². The molecule has 2 aromatic carbocycles. The Hall–Kier alpha value is -1.60. The molecule has 0 spiro atoms. The Morgan fingerprint density at radius 3 is 2.71 bits per heavy atom. The first kappa shape index (κ1) is 10.5. The van der Waals surface area contributed by atoms with Gasteiger partial charge >= 0.3 is 0 Å². The van der Waals surface area contributed by atoms with E-state index in [2.05, 4.69) is 30.4 Å². The first-order chi connectivity index (χ1) is 8.27. The molecule has 1 N–H and O–H groups in total. The van der Waals surface area contributed by atoms with E-state index in [-0.39, 0.29) is 0 Å². The quantitative estimate of drug-likeness (QED) is 0.787. The van der Waals surface area contributed by atoms with Crippen molar-refractivity contribution < 1.29 is 5.11 Å². The van der Waals surface area contributed by atoms with Crippen LogP contribution in [0.15, 0.2) is 30.3 Å². The third-order valence-electron chi connectivity index (χ3n) is 3.46. The van der Waals surface area contributed by atoms with Crippen molar-refractivity contribution >= 4 is 22.9 Å². The van der Waals surface area contributed by atoms with Gasteiger partial charge in [0.05, 0.1) is 6.10 Å². The summed E-state index contributed by atoms with van der Waals surface area (Å²) in [5.74, 6) is 0. The summed E-state index contributed by atoms with van der Waals surface area (Å²) in [4.78, 5) is 0. The molecular formula is C16H16O. The van der Waals surface area contributed by atoms with Gasteiger partial charge in [0.2, 0.25) is 0 Å². The normalized spacial score (nSPS) is 15.9. The van der Waals surface area contributed by atoms with Crippen LogP contribution in [0.2, 0.25) is 0 Å². The van der Waals surface area contributed by atoms with E-state index in [1.807, 2.05) is 19.1 Å². The van der Waals surface area contributed by atoms with E-state index in [9.17, 15) is 5.11 Å². The summed E-state index contributed by atoms with van der Waals surface area (Å²) in [6, 6.07) is 10.5. The van der Waals surface area contributed by atoms with E-state index < -0.39 is 6.10 Å². The molecule has 0 radical (unpaired) electrons. The van der Waals surface area contributed by atoms with Gasteiger partial charge in [0.1, 0.15) is 0 Å². The SMILES string of the molecule is CC(O)c1c2c(cc3ccccc13)=CCCC=2. The Bertz CT molecular complexity index is 680. The second-order valence-corrected chi connectivity index (χ2v) is 4.68. The fourth-order valence-corrected chi connectivity index (χ4v) is 2.73. The molecule has 0 bridgehead atoms. The van der Waals surface area contributed by atoms with Gasteiger partial charge in [-0.1, -0.05) is 36.4 Å². The van der Waals surface area contributed by atoms with Gasteiger partial charge in [-0.15, -0.1) is 0 Å². The Morgan fingerprint density at radius 2 is 1.88 bits per heavy atom. The van der Waals surface area contributed by atoms with Crippen LogP contribution in [0.1, 0.15) is 31.4 Å². The Kier molecular flexibility index (Phi) is 2.49. The molecule has 1 aliphatic rings. The van der Waals surface area contributed by atoms with Crippen molar-refractivity contribution in [2.24, 2.45) is 0 Å². The lowest BCUT2D eigenvalue weighted by molar-refractivity contribution is 0.200.